The van der Waals surface area contributed by atoms with Crippen LogP contribution < -0.4 is 11.1 Å². The van der Waals surface area contributed by atoms with Crippen molar-refractivity contribution in [3.8, 4) is 11.8 Å². The molecule has 3 N–H and O–H groups in total. The van der Waals surface area contributed by atoms with Gasteiger partial charge in [0.2, 0.25) is 0 Å². The Morgan fingerprint density at radius 2 is 1.95 bits per heavy atom. The van der Waals surface area contributed by atoms with Gasteiger partial charge >= 0.3 is 0 Å². The summed E-state index contributed by atoms with van der Waals surface area (Å²) >= 11 is 0. The number of aromatic nitrogens is 1. The summed E-state index contributed by atoms with van der Waals surface area (Å²) in [6.45, 7) is 2.30. The van der Waals surface area contributed by atoms with Crippen LogP contribution >= 0.6 is 0 Å². The van der Waals surface area contributed by atoms with Crippen LogP contribution in [0.5, 0.6) is 0 Å². The monoisotopic (exact) mass is 267 g/mol. The Morgan fingerprint density at radius 1 is 1.25 bits per heavy atom. The predicted octanol–water partition coefficient (Wildman–Crippen LogP) is 1.90. The van der Waals surface area contributed by atoms with Gasteiger partial charge in [0.1, 0.15) is 5.69 Å². The van der Waals surface area contributed by atoms with Gasteiger partial charge in [0.05, 0.1) is 6.54 Å². The summed E-state index contributed by atoms with van der Waals surface area (Å²) in [5, 5.41) is 2.86. The van der Waals surface area contributed by atoms with Gasteiger partial charge < -0.3 is 15.6 Å². The van der Waals surface area contributed by atoms with Gasteiger partial charge in [0.15, 0.2) is 0 Å². The highest BCUT2D eigenvalue weighted by Gasteiger charge is 2.10. The topological polar surface area (TPSA) is 60.1 Å². The molecule has 1 aromatic heterocycles. The van der Waals surface area contributed by atoms with Crippen LogP contribution in [0.15, 0.2) is 36.4 Å². The smallest absolute Gasteiger partial charge is 0.272 e. The summed E-state index contributed by atoms with van der Waals surface area (Å²) in [7, 11) is 1.87. The minimum Gasteiger partial charge on any atom is -0.344 e. The molecule has 0 atom stereocenters. The van der Waals surface area contributed by atoms with Gasteiger partial charge in [0.25, 0.3) is 5.91 Å². The van der Waals surface area contributed by atoms with Crippen LogP contribution in [-0.4, -0.2) is 17.0 Å². The van der Waals surface area contributed by atoms with Crippen molar-refractivity contribution in [2.45, 2.75) is 6.92 Å². The summed E-state index contributed by atoms with van der Waals surface area (Å²) in [4.78, 5) is 12.1. The fourth-order valence-electron chi connectivity index (χ4n) is 1.83. The molecule has 1 heterocycles. The molecule has 0 aliphatic heterocycles. The number of carbonyl (C=O) groups excluding carboxylic acids is 1. The molecule has 0 bridgehead atoms. The average Bonchev–Trinajstić information content (AvgIpc) is 2.78. The third kappa shape index (κ3) is 3.08. The molecule has 0 spiro atoms. The summed E-state index contributed by atoms with van der Waals surface area (Å²) in [6.07, 6.45) is 0. The first kappa shape index (κ1) is 13.9. The highest BCUT2D eigenvalue weighted by Crippen LogP contribution is 2.12. The average molecular weight is 267 g/mol. The van der Waals surface area contributed by atoms with E-state index >= 15 is 0 Å². The van der Waals surface area contributed by atoms with Crippen molar-refractivity contribution < 1.29 is 4.79 Å². The molecule has 0 radical (unpaired) electrons. The predicted molar refractivity (Wildman–Crippen MR) is 80.5 cm³/mol. The molecular weight excluding hydrogens is 250 g/mol. The molecule has 102 valence electrons. The summed E-state index contributed by atoms with van der Waals surface area (Å²) in [5.41, 5.74) is 8.62. The lowest BCUT2D eigenvalue weighted by molar-refractivity contribution is 0.101. The molecular formula is C16H17N3O. The van der Waals surface area contributed by atoms with Crippen molar-refractivity contribution in [2.75, 3.05) is 11.9 Å². The number of benzene rings is 1. The molecule has 0 aliphatic rings. The molecule has 20 heavy (non-hydrogen) atoms. The van der Waals surface area contributed by atoms with E-state index in [2.05, 4.69) is 17.2 Å². The number of amides is 1. The molecule has 0 fully saturated rings. The number of carbonyl (C=O) groups is 1. The third-order valence-electron chi connectivity index (χ3n) is 3.08. The maximum Gasteiger partial charge on any atom is 0.272 e. The number of rotatable bonds is 2. The van der Waals surface area contributed by atoms with E-state index in [1.165, 1.54) is 0 Å². The Balaban J connectivity index is 2.10. The zero-order chi connectivity index (χ0) is 14.5. The lowest BCUT2D eigenvalue weighted by atomic mass is 10.2. The summed E-state index contributed by atoms with van der Waals surface area (Å²) in [6, 6.07) is 11.1. The first-order valence-electron chi connectivity index (χ1n) is 6.34. The minimum absolute atomic E-state index is 0.124. The zero-order valence-corrected chi connectivity index (χ0v) is 11.6. The van der Waals surface area contributed by atoms with Crippen LogP contribution in [0.1, 0.15) is 21.7 Å². The van der Waals surface area contributed by atoms with Gasteiger partial charge in [-0.2, -0.15) is 0 Å². The number of nitrogens with zero attached hydrogens (tertiary/aromatic N) is 1. The molecule has 2 aromatic rings. The quantitative estimate of drug-likeness (QED) is 0.816. The second kappa shape index (κ2) is 6.09. The maximum absolute atomic E-state index is 12.1. The van der Waals surface area contributed by atoms with Gasteiger partial charge in [-0.05, 0) is 43.3 Å². The Morgan fingerprint density at radius 3 is 2.50 bits per heavy atom. The summed E-state index contributed by atoms with van der Waals surface area (Å²) < 4.78 is 1.86. The molecule has 4 nitrogen and oxygen atoms in total. The Hall–Kier alpha value is -2.51. The zero-order valence-electron chi connectivity index (χ0n) is 11.6. The van der Waals surface area contributed by atoms with E-state index in [0.29, 0.717) is 12.2 Å². The Labute approximate surface area is 118 Å². The van der Waals surface area contributed by atoms with E-state index in [9.17, 15) is 4.79 Å². The minimum atomic E-state index is -0.124. The number of nitrogens with two attached hydrogens (primary N) is 1. The molecule has 4 heteroatoms. The summed E-state index contributed by atoms with van der Waals surface area (Å²) in [5.74, 6) is 5.60. The fourth-order valence-corrected chi connectivity index (χ4v) is 1.83. The van der Waals surface area contributed by atoms with Crippen LogP contribution in [0.25, 0.3) is 0 Å². The van der Waals surface area contributed by atoms with Crippen molar-refractivity contribution in [1.29, 1.82) is 0 Å². The molecule has 1 amide bonds. The van der Waals surface area contributed by atoms with Crippen LogP contribution in [0.4, 0.5) is 5.69 Å². The highest BCUT2D eigenvalue weighted by molar-refractivity contribution is 6.03. The van der Waals surface area contributed by atoms with E-state index in [1.807, 2.05) is 54.9 Å². The molecule has 2 rings (SSSR count). The van der Waals surface area contributed by atoms with Crippen LogP contribution in [0, 0.1) is 18.8 Å². The van der Waals surface area contributed by atoms with Crippen molar-refractivity contribution >= 4 is 11.6 Å². The molecule has 0 saturated carbocycles. The van der Waals surface area contributed by atoms with Gasteiger partial charge in [-0.15, -0.1) is 0 Å². The maximum atomic E-state index is 12.1. The van der Waals surface area contributed by atoms with Crippen LogP contribution in [-0.2, 0) is 7.05 Å². The van der Waals surface area contributed by atoms with Crippen molar-refractivity contribution in [1.82, 2.24) is 4.57 Å². The van der Waals surface area contributed by atoms with Crippen molar-refractivity contribution in [3.05, 3.63) is 53.3 Å². The third-order valence-corrected chi connectivity index (χ3v) is 3.08. The van der Waals surface area contributed by atoms with E-state index in [1.54, 1.807) is 0 Å². The number of hydrogen-bond acceptors (Lipinski definition) is 2. The van der Waals surface area contributed by atoms with E-state index in [-0.39, 0.29) is 5.91 Å². The number of hydrogen-bond donors (Lipinski definition) is 2. The van der Waals surface area contributed by atoms with E-state index in [0.717, 1.165) is 16.9 Å². The van der Waals surface area contributed by atoms with Gasteiger partial charge in [-0.25, -0.2) is 0 Å². The second-order valence-electron chi connectivity index (χ2n) is 4.46. The van der Waals surface area contributed by atoms with Gasteiger partial charge in [0, 0.05) is 24.0 Å². The first-order valence-corrected chi connectivity index (χ1v) is 6.34. The first-order chi connectivity index (χ1) is 9.61. The number of nitrogens with one attached hydrogen (secondary N) is 1. The van der Waals surface area contributed by atoms with Crippen molar-refractivity contribution in [2.24, 2.45) is 12.8 Å². The Kier molecular flexibility index (Phi) is 4.24. The van der Waals surface area contributed by atoms with Crippen LogP contribution in [0.2, 0.25) is 0 Å². The van der Waals surface area contributed by atoms with Crippen molar-refractivity contribution in [3.63, 3.8) is 0 Å². The molecule has 0 saturated heterocycles. The van der Waals surface area contributed by atoms with E-state index < -0.39 is 0 Å². The fraction of sp³-hybridized carbons (Fsp3) is 0.188. The van der Waals surface area contributed by atoms with Gasteiger partial charge in [-0.1, -0.05) is 11.8 Å². The van der Waals surface area contributed by atoms with Gasteiger partial charge in [-0.3, -0.25) is 4.79 Å². The number of anilines is 1. The molecule has 1 aromatic carbocycles. The number of aryl methyl sites for hydroxylation is 1. The standard InChI is InChI=1S/C16H17N3O/c1-12-5-10-15(19(12)2)16(20)18-14-8-6-13(7-9-14)4-3-11-17/h5-10H,11,17H2,1-2H3,(H,18,20). The molecule has 0 aliphatic carbocycles. The lowest BCUT2D eigenvalue weighted by Gasteiger charge is -2.07. The normalized spacial score (nSPS) is 9.75. The second-order valence-corrected chi connectivity index (χ2v) is 4.46. The molecule has 0 unspecified atom stereocenters. The Bertz CT molecular complexity index is 672. The lowest BCUT2D eigenvalue weighted by Crippen LogP contribution is -2.15. The largest absolute Gasteiger partial charge is 0.344 e. The van der Waals surface area contributed by atoms with E-state index in [4.69, 9.17) is 5.73 Å². The SMILES string of the molecule is Cc1ccc(C(=O)Nc2ccc(C#CCN)cc2)n1C. The van der Waals surface area contributed by atoms with Crippen LogP contribution in [0.3, 0.4) is 0 Å². The highest BCUT2D eigenvalue weighted by atomic mass is 16.1.